The molecule has 1 N–H and O–H groups in total. The zero-order valence-corrected chi connectivity index (χ0v) is 15.8. The van der Waals surface area contributed by atoms with Gasteiger partial charge in [-0.25, -0.2) is 0 Å². The van der Waals surface area contributed by atoms with E-state index in [1.54, 1.807) is 0 Å². The zero-order chi connectivity index (χ0) is 17.4. The van der Waals surface area contributed by atoms with Crippen molar-refractivity contribution in [3.05, 3.63) is 0 Å². The normalized spacial score (nSPS) is 47.7. The van der Waals surface area contributed by atoms with Crippen molar-refractivity contribution in [2.75, 3.05) is 13.1 Å². The molecule has 0 spiro atoms. The van der Waals surface area contributed by atoms with Crippen molar-refractivity contribution in [2.45, 2.75) is 83.0 Å². The lowest BCUT2D eigenvalue weighted by Crippen LogP contribution is -2.63. The number of hydrogen-bond donors (Lipinski definition) is 1. The molecule has 0 aromatic heterocycles. The van der Waals surface area contributed by atoms with Gasteiger partial charge in [-0.05, 0) is 69.2 Å². The first-order valence-corrected chi connectivity index (χ1v) is 10.3. The maximum absolute atomic E-state index is 12.9. The van der Waals surface area contributed by atoms with E-state index in [2.05, 4.69) is 31.0 Å². The minimum atomic E-state index is -0.238. The molecule has 3 aliphatic carbocycles. The van der Waals surface area contributed by atoms with E-state index in [1.807, 2.05) is 0 Å². The quantitative estimate of drug-likeness (QED) is 0.777. The minimum absolute atomic E-state index is 0.00612. The first-order chi connectivity index (χ1) is 11.9. The lowest BCUT2D eigenvalue weighted by atomic mass is 9.45. The van der Waals surface area contributed by atoms with Gasteiger partial charge < -0.3 is 19.5 Å². The Hall–Kier alpha value is -0.585. The number of carbonyl (C=O) groups is 1. The summed E-state index contributed by atoms with van der Waals surface area (Å²) >= 11 is 0. The summed E-state index contributed by atoms with van der Waals surface area (Å²) in [6, 6.07) is 0.00612. The average molecular weight is 346 g/mol. The van der Waals surface area contributed by atoms with Gasteiger partial charge in [0.15, 0.2) is 0 Å². The Labute approximate surface area is 151 Å². The zero-order valence-electron chi connectivity index (χ0n) is 15.8. The third-order valence-electron chi connectivity index (χ3n) is 8.09. The second-order valence-electron chi connectivity index (χ2n) is 9.81. The molecule has 6 heteroatoms. The van der Waals surface area contributed by atoms with Gasteiger partial charge in [0, 0.05) is 6.54 Å². The van der Waals surface area contributed by atoms with Gasteiger partial charge in [-0.15, -0.1) is 0 Å². The molecule has 6 fully saturated rings. The van der Waals surface area contributed by atoms with Crippen LogP contribution in [0.3, 0.4) is 0 Å². The first-order valence-electron chi connectivity index (χ1n) is 10.3. The number of likely N-dealkylation sites (tertiary alicyclic amines) is 1. The molecular weight excluding hydrogens is 315 g/mol. The smallest absolute Gasteiger partial charge is 0.404 e. The second-order valence-corrected chi connectivity index (χ2v) is 9.81. The highest BCUT2D eigenvalue weighted by atomic mass is 16.7. The van der Waals surface area contributed by atoms with Crippen LogP contribution in [-0.2, 0) is 14.1 Å². The van der Waals surface area contributed by atoms with Crippen LogP contribution in [0.1, 0.15) is 59.3 Å². The van der Waals surface area contributed by atoms with Crippen LogP contribution in [0.25, 0.3) is 0 Å². The van der Waals surface area contributed by atoms with Gasteiger partial charge in [-0.3, -0.25) is 4.79 Å². The summed E-state index contributed by atoms with van der Waals surface area (Å²) in [6.45, 7) is 8.83. The highest BCUT2D eigenvalue weighted by Gasteiger charge is 2.67. The van der Waals surface area contributed by atoms with Crippen LogP contribution < -0.4 is 5.32 Å². The van der Waals surface area contributed by atoms with Gasteiger partial charge in [-0.1, -0.05) is 13.8 Å². The molecule has 3 aliphatic heterocycles. The number of nitrogens with one attached hydrogen (secondary N) is 1. The fourth-order valence-corrected chi connectivity index (χ4v) is 6.35. The highest BCUT2D eigenvalue weighted by Crippen LogP contribution is 2.64. The summed E-state index contributed by atoms with van der Waals surface area (Å²) < 4.78 is 13.1. The lowest BCUT2D eigenvalue weighted by Gasteiger charge is -2.63. The first kappa shape index (κ1) is 16.6. The third kappa shape index (κ3) is 2.29. The van der Waals surface area contributed by atoms with Crippen molar-refractivity contribution in [2.24, 2.45) is 17.3 Å². The Balaban J connectivity index is 1.33. The van der Waals surface area contributed by atoms with E-state index in [0.717, 1.165) is 51.1 Å². The Morgan fingerprint density at radius 3 is 2.80 bits per heavy atom. The van der Waals surface area contributed by atoms with Gasteiger partial charge in [0.25, 0.3) is 0 Å². The monoisotopic (exact) mass is 346 g/mol. The van der Waals surface area contributed by atoms with Crippen LogP contribution >= 0.6 is 0 Å². The largest absolute Gasteiger partial charge is 0.481 e. The molecule has 0 radical (unpaired) electrons. The van der Waals surface area contributed by atoms with Crippen molar-refractivity contribution in [1.82, 2.24) is 10.2 Å². The molecule has 0 aromatic rings. The molecule has 0 unspecified atom stereocenters. The Morgan fingerprint density at radius 1 is 1.24 bits per heavy atom. The second kappa shape index (κ2) is 5.46. The third-order valence-corrected chi connectivity index (χ3v) is 8.09. The van der Waals surface area contributed by atoms with Crippen molar-refractivity contribution < 1.29 is 14.1 Å². The predicted octanol–water partition coefficient (Wildman–Crippen LogP) is 2.00. The Morgan fingerprint density at radius 2 is 2.08 bits per heavy atom. The number of hydrogen-bond acceptors (Lipinski definition) is 4. The summed E-state index contributed by atoms with van der Waals surface area (Å²) in [7, 11) is -0.238. The summed E-state index contributed by atoms with van der Waals surface area (Å²) in [5, 5.41) is 3.35. The van der Waals surface area contributed by atoms with E-state index in [0.29, 0.717) is 11.3 Å². The summed E-state index contributed by atoms with van der Waals surface area (Å²) in [6.07, 6.45) is 6.70. The number of rotatable bonds is 2. The summed E-state index contributed by atoms with van der Waals surface area (Å²) in [5.41, 5.74) is 0.220. The predicted molar refractivity (Wildman–Crippen MR) is 95.9 cm³/mol. The van der Waals surface area contributed by atoms with Crippen molar-refractivity contribution >= 4 is 13.0 Å². The molecule has 138 valence electrons. The molecule has 0 aromatic carbocycles. The summed E-state index contributed by atoms with van der Waals surface area (Å²) in [5.74, 6) is 1.71. The van der Waals surface area contributed by atoms with Crippen LogP contribution in [0.4, 0.5) is 0 Å². The van der Waals surface area contributed by atoms with E-state index in [9.17, 15) is 4.79 Å². The van der Waals surface area contributed by atoms with Crippen LogP contribution in [0.2, 0.25) is 0 Å². The number of carbonyl (C=O) groups excluding carboxylic acids is 1. The van der Waals surface area contributed by atoms with Gasteiger partial charge in [0.2, 0.25) is 5.91 Å². The van der Waals surface area contributed by atoms with Crippen LogP contribution in [0.15, 0.2) is 0 Å². The van der Waals surface area contributed by atoms with Gasteiger partial charge in [-0.2, -0.15) is 0 Å². The standard InChI is InChI=1S/C19H31BN2O3/c1-18(2)12-10-13(18)16-19(3,11-12)25-20(24-16)15-7-5-9-22(15)17(23)14-6-4-8-21-14/h12-16,21H,4-11H2,1-3H3/t12-,13+,14+,15+,16-,19+/m1/s1. The van der Waals surface area contributed by atoms with E-state index in [1.165, 1.54) is 6.42 Å². The molecule has 2 bridgehead atoms. The van der Waals surface area contributed by atoms with Gasteiger partial charge in [0.05, 0.1) is 23.7 Å². The average Bonchev–Trinajstić information content (AvgIpc) is 3.31. The highest BCUT2D eigenvalue weighted by molar-refractivity contribution is 6.48. The molecule has 25 heavy (non-hydrogen) atoms. The summed E-state index contributed by atoms with van der Waals surface area (Å²) in [4.78, 5) is 15.0. The van der Waals surface area contributed by atoms with Crippen molar-refractivity contribution in [3.8, 4) is 0 Å². The van der Waals surface area contributed by atoms with Crippen LogP contribution in [0, 0.1) is 17.3 Å². The minimum Gasteiger partial charge on any atom is -0.404 e. The molecule has 3 heterocycles. The molecule has 6 aliphatic rings. The fourth-order valence-electron chi connectivity index (χ4n) is 6.35. The van der Waals surface area contributed by atoms with E-state index < -0.39 is 0 Å². The van der Waals surface area contributed by atoms with E-state index in [-0.39, 0.29) is 36.7 Å². The molecule has 6 rings (SSSR count). The number of nitrogens with zero attached hydrogens (tertiary/aromatic N) is 1. The molecule has 6 atom stereocenters. The van der Waals surface area contributed by atoms with Crippen LogP contribution in [0.5, 0.6) is 0 Å². The topological polar surface area (TPSA) is 50.8 Å². The lowest BCUT2D eigenvalue weighted by molar-refractivity contribution is -0.185. The molecule has 3 saturated carbocycles. The Kier molecular flexibility index (Phi) is 3.62. The van der Waals surface area contributed by atoms with E-state index in [4.69, 9.17) is 9.31 Å². The molecule has 5 nitrogen and oxygen atoms in total. The van der Waals surface area contributed by atoms with E-state index >= 15 is 0 Å². The fraction of sp³-hybridized carbons (Fsp3) is 0.947. The van der Waals surface area contributed by atoms with Gasteiger partial charge in [0.1, 0.15) is 0 Å². The van der Waals surface area contributed by atoms with Crippen LogP contribution in [-0.4, -0.2) is 54.7 Å². The maximum Gasteiger partial charge on any atom is 0.481 e. The number of amides is 1. The molecular formula is C19H31BN2O3. The van der Waals surface area contributed by atoms with Crippen molar-refractivity contribution in [1.29, 1.82) is 0 Å². The maximum atomic E-state index is 12.9. The van der Waals surface area contributed by atoms with Gasteiger partial charge >= 0.3 is 7.12 Å². The van der Waals surface area contributed by atoms with Crippen molar-refractivity contribution in [3.63, 3.8) is 0 Å². The Bertz CT molecular complexity index is 579. The molecule has 1 amide bonds. The molecule has 3 saturated heterocycles. The SMILES string of the molecule is CC1(C)[C@@H]2C[C@H]1[C@H]1OB([C@@H]3CCCN3C(=O)[C@@H]3CCCN3)O[C@@]1(C)C2.